The van der Waals surface area contributed by atoms with Gasteiger partial charge in [-0.15, -0.1) is 0 Å². The highest BCUT2D eigenvalue weighted by molar-refractivity contribution is 6.01. The van der Waals surface area contributed by atoms with Gasteiger partial charge in [0.15, 0.2) is 5.69 Å². The SMILES string of the molecule is CC(=Nc1ccc([NH+]([O-])O)cc1)c1cc2ccccc2oc1=O. The molecule has 0 amide bonds. The van der Waals surface area contributed by atoms with E-state index in [-0.39, 0.29) is 5.69 Å². The lowest BCUT2D eigenvalue weighted by atomic mass is 10.1. The van der Waals surface area contributed by atoms with Crippen LogP contribution in [-0.2, 0) is 0 Å². The molecule has 6 heteroatoms. The van der Waals surface area contributed by atoms with E-state index in [1.165, 1.54) is 12.1 Å². The highest BCUT2D eigenvalue weighted by Gasteiger charge is 2.08. The minimum absolute atomic E-state index is 0.187. The molecule has 23 heavy (non-hydrogen) atoms. The molecule has 2 aromatic carbocycles. The number of hydrogen-bond acceptors (Lipinski definition) is 5. The second kappa shape index (κ2) is 6.13. The zero-order valence-electron chi connectivity index (χ0n) is 12.3. The number of nitrogens with one attached hydrogen (secondary N) is 1. The highest BCUT2D eigenvalue weighted by atomic mass is 16.8. The minimum atomic E-state index is -0.993. The molecule has 116 valence electrons. The summed E-state index contributed by atoms with van der Waals surface area (Å²) in [5, 5.41) is 19.5. The van der Waals surface area contributed by atoms with Gasteiger partial charge in [0, 0.05) is 17.5 Å². The monoisotopic (exact) mass is 310 g/mol. The molecule has 1 atom stereocenters. The van der Waals surface area contributed by atoms with Crippen molar-refractivity contribution in [2.24, 2.45) is 4.99 Å². The van der Waals surface area contributed by atoms with Gasteiger partial charge in [0.25, 0.3) is 0 Å². The number of para-hydroxylation sites is 1. The van der Waals surface area contributed by atoms with Crippen molar-refractivity contribution in [3.05, 3.63) is 75.8 Å². The first-order valence-electron chi connectivity index (χ1n) is 6.96. The molecule has 3 aromatic rings. The summed E-state index contributed by atoms with van der Waals surface area (Å²) in [6.07, 6.45) is 0. The Bertz CT molecular complexity index is 927. The van der Waals surface area contributed by atoms with Gasteiger partial charge < -0.3 is 9.62 Å². The quantitative estimate of drug-likeness (QED) is 0.441. The third-order valence-electron chi connectivity index (χ3n) is 3.44. The molecule has 0 aliphatic heterocycles. The third kappa shape index (κ3) is 3.19. The molecule has 6 nitrogen and oxygen atoms in total. The maximum atomic E-state index is 12.1. The molecule has 2 N–H and O–H groups in total. The minimum Gasteiger partial charge on any atom is -0.595 e. The Kier molecular flexibility index (Phi) is 4.03. The summed E-state index contributed by atoms with van der Waals surface area (Å²) in [4.78, 5) is 16.4. The topological polar surface area (TPSA) is 90.3 Å². The molecule has 0 spiro atoms. The van der Waals surface area contributed by atoms with Crippen LogP contribution in [0.15, 0.2) is 68.8 Å². The van der Waals surface area contributed by atoms with Crippen molar-refractivity contribution in [1.82, 2.24) is 0 Å². The lowest BCUT2D eigenvalue weighted by Crippen LogP contribution is -2.99. The maximum Gasteiger partial charge on any atom is 0.345 e. The van der Waals surface area contributed by atoms with Gasteiger partial charge in [-0.1, -0.05) is 18.2 Å². The average molecular weight is 310 g/mol. The van der Waals surface area contributed by atoms with Crippen LogP contribution in [0.3, 0.4) is 0 Å². The Morgan fingerprint density at radius 1 is 1.17 bits per heavy atom. The number of nitrogens with zero attached hydrogens (tertiary/aromatic N) is 1. The Balaban J connectivity index is 2.00. The van der Waals surface area contributed by atoms with Crippen molar-refractivity contribution in [3.63, 3.8) is 0 Å². The summed E-state index contributed by atoms with van der Waals surface area (Å²) in [6, 6.07) is 15.1. The predicted octanol–water partition coefficient (Wildman–Crippen LogP) is 2.34. The van der Waals surface area contributed by atoms with Crippen LogP contribution in [0.5, 0.6) is 0 Å². The van der Waals surface area contributed by atoms with Crippen LogP contribution in [0.1, 0.15) is 12.5 Å². The molecule has 0 fully saturated rings. The molecule has 1 unspecified atom stereocenters. The van der Waals surface area contributed by atoms with Crippen LogP contribution >= 0.6 is 0 Å². The molecule has 0 radical (unpaired) electrons. The molecule has 0 aliphatic carbocycles. The van der Waals surface area contributed by atoms with E-state index in [4.69, 9.17) is 9.62 Å². The Morgan fingerprint density at radius 3 is 2.57 bits per heavy atom. The standard InChI is InChI=1S/C17H14N2O4/c1-11(18-13-6-8-14(9-7-13)19(21)22)15-10-12-4-2-3-5-16(12)23-17(15)20/h2-10,19,21H,1H3. The largest absolute Gasteiger partial charge is 0.595 e. The van der Waals surface area contributed by atoms with Crippen LogP contribution in [0.2, 0.25) is 0 Å². The first-order chi connectivity index (χ1) is 11.0. The van der Waals surface area contributed by atoms with Crippen LogP contribution in [-0.4, -0.2) is 10.9 Å². The molecule has 0 aliphatic rings. The lowest BCUT2D eigenvalue weighted by molar-refractivity contribution is -0.991. The fraction of sp³-hybridized carbons (Fsp3) is 0.0588. The second-order valence-electron chi connectivity index (χ2n) is 5.03. The summed E-state index contributed by atoms with van der Waals surface area (Å²) in [6.45, 7) is 1.71. The van der Waals surface area contributed by atoms with Gasteiger partial charge >= 0.3 is 5.63 Å². The average Bonchev–Trinajstić information content (AvgIpc) is 2.54. The van der Waals surface area contributed by atoms with E-state index < -0.39 is 10.9 Å². The van der Waals surface area contributed by atoms with Crippen molar-refractivity contribution in [3.8, 4) is 0 Å². The van der Waals surface area contributed by atoms with Crippen LogP contribution in [0.25, 0.3) is 11.0 Å². The van der Waals surface area contributed by atoms with E-state index in [0.717, 1.165) is 5.39 Å². The van der Waals surface area contributed by atoms with Crippen LogP contribution in [0.4, 0.5) is 11.4 Å². The molecule has 1 aromatic heterocycles. The van der Waals surface area contributed by atoms with Crippen molar-refractivity contribution in [2.45, 2.75) is 6.92 Å². The van der Waals surface area contributed by atoms with E-state index in [0.29, 0.717) is 22.5 Å². The van der Waals surface area contributed by atoms with Gasteiger partial charge in [0.2, 0.25) is 0 Å². The number of quaternary nitrogens is 1. The maximum absolute atomic E-state index is 12.1. The number of hydrogen-bond donors (Lipinski definition) is 2. The Hall–Kier alpha value is -2.80. The number of rotatable bonds is 3. The lowest BCUT2D eigenvalue weighted by Gasteiger charge is -2.10. The van der Waals surface area contributed by atoms with Crippen molar-refractivity contribution in [1.29, 1.82) is 0 Å². The van der Waals surface area contributed by atoms with Crippen LogP contribution in [0, 0.1) is 5.21 Å². The summed E-state index contributed by atoms with van der Waals surface area (Å²) in [5.74, 6) is 0. The molecule has 0 saturated heterocycles. The van der Waals surface area contributed by atoms with Gasteiger partial charge in [-0.25, -0.2) is 10.0 Å². The summed E-state index contributed by atoms with van der Waals surface area (Å²) in [5.41, 5.74) is 1.72. The molecule has 0 saturated carbocycles. The fourth-order valence-electron chi connectivity index (χ4n) is 2.25. The summed E-state index contributed by atoms with van der Waals surface area (Å²) < 4.78 is 5.29. The van der Waals surface area contributed by atoms with Gasteiger partial charge in [-0.05, 0) is 31.2 Å². The molecular formula is C17H14N2O4. The highest BCUT2D eigenvalue weighted by Crippen LogP contribution is 2.17. The Morgan fingerprint density at radius 2 is 1.87 bits per heavy atom. The zero-order chi connectivity index (χ0) is 16.4. The van der Waals surface area contributed by atoms with Crippen molar-refractivity contribution >= 4 is 28.1 Å². The molecular weight excluding hydrogens is 296 g/mol. The first kappa shape index (κ1) is 15.1. The normalized spacial score (nSPS) is 13.3. The molecule has 0 bridgehead atoms. The Labute approximate surface area is 131 Å². The van der Waals surface area contributed by atoms with Gasteiger partial charge in [0.05, 0.1) is 17.0 Å². The van der Waals surface area contributed by atoms with Crippen molar-refractivity contribution in [2.75, 3.05) is 0 Å². The van der Waals surface area contributed by atoms with Gasteiger partial charge in [-0.2, -0.15) is 5.23 Å². The van der Waals surface area contributed by atoms with E-state index in [2.05, 4.69) is 4.99 Å². The summed E-state index contributed by atoms with van der Waals surface area (Å²) >= 11 is 0. The van der Waals surface area contributed by atoms with E-state index in [1.807, 2.05) is 12.1 Å². The van der Waals surface area contributed by atoms with Crippen LogP contribution < -0.4 is 10.9 Å². The predicted molar refractivity (Wildman–Crippen MR) is 86.6 cm³/mol. The molecule has 3 rings (SSSR count). The molecule has 1 heterocycles. The van der Waals surface area contributed by atoms with E-state index >= 15 is 0 Å². The zero-order valence-corrected chi connectivity index (χ0v) is 12.3. The van der Waals surface area contributed by atoms with E-state index in [9.17, 15) is 10.0 Å². The van der Waals surface area contributed by atoms with Crippen molar-refractivity contribution < 1.29 is 14.9 Å². The fourth-order valence-corrected chi connectivity index (χ4v) is 2.25. The number of fused-ring (bicyclic) bond motifs is 1. The summed E-state index contributed by atoms with van der Waals surface area (Å²) in [7, 11) is 0. The smallest absolute Gasteiger partial charge is 0.345 e. The van der Waals surface area contributed by atoms with E-state index in [1.54, 1.807) is 37.3 Å². The number of benzene rings is 2. The van der Waals surface area contributed by atoms with Gasteiger partial charge in [0.1, 0.15) is 5.58 Å². The van der Waals surface area contributed by atoms with Gasteiger partial charge in [-0.3, -0.25) is 4.99 Å². The number of aliphatic imine (C=N–C) groups is 1. The first-order valence-corrected chi connectivity index (χ1v) is 6.96. The third-order valence-corrected chi connectivity index (χ3v) is 3.44. The second-order valence-corrected chi connectivity index (χ2v) is 5.03.